The maximum atomic E-state index is 11.5. The van der Waals surface area contributed by atoms with Crippen molar-refractivity contribution in [2.75, 3.05) is 85.8 Å². The molecule has 0 aromatic heterocycles. The molecule has 0 heterocycles. The molecular weight excluding hydrogens is 330 g/mol. The van der Waals surface area contributed by atoms with E-state index in [0.29, 0.717) is 72.6 Å². The predicted octanol–water partition coefficient (Wildman–Crippen LogP) is 0.632. The summed E-state index contributed by atoms with van der Waals surface area (Å²) in [5.74, 6) is -0.162. The highest BCUT2D eigenvalue weighted by atomic mass is 16.6. The number of carbonyl (C=O) groups excluding carboxylic acids is 1. The zero-order valence-corrected chi connectivity index (χ0v) is 15.8. The van der Waals surface area contributed by atoms with Gasteiger partial charge in [-0.15, -0.1) is 0 Å². The first-order valence-electron chi connectivity index (χ1n) is 9.04. The lowest BCUT2D eigenvalue weighted by Gasteiger charge is -2.08. The summed E-state index contributed by atoms with van der Waals surface area (Å²) >= 11 is 0. The Balaban J connectivity index is 3.13. The summed E-state index contributed by atoms with van der Waals surface area (Å²) in [6.45, 7) is 10.5. The van der Waals surface area contributed by atoms with Crippen LogP contribution in [0.4, 0.5) is 0 Å². The van der Waals surface area contributed by atoms with Gasteiger partial charge in [0.05, 0.1) is 59.5 Å². The number of nitrogens with one attached hydrogen (secondary N) is 1. The molecule has 0 bridgehead atoms. The second kappa shape index (κ2) is 21.3. The van der Waals surface area contributed by atoms with Crippen molar-refractivity contribution in [3.63, 3.8) is 0 Å². The molecule has 0 spiro atoms. The molecule has 0 fully saturated rings. The Kier molecular flexibility index (Phi) is 20.6. The lowest BCUT2D eigenvalue weighted by Crippen LogP contribution is -2.31. The van der Waals surface area contributed by atoms with Crippen molar-refractivity contribution in [2.24, 2.45) is 0 Å². The fourth-order valence-corrected chi connectivity index (χ4v) is 1.65. The highest BCUT2D eigenvalue weighted by Gasteiger charge is 2.00. The zero-order chi connectivity index (χ0) is 18.4. The first-order chi connectivity index (χ1) is 12.3. The first-order valence-corrected chi connectivity index (χ1v) is 9.04. The molecule has 8 nitrogen and oxygen atoms in total. The smallest absolute Gasteiger partial charge is 0.246 e. The van der Waals surface area contributed by atoms with E-state index in [1.807, 2.05) is 6.92 Å². The minimum Gasteiger partial charge on any atom is -0.379 e. The van der Waals surface area contributed by atoms with E-state index in [9.17, 15) is 4.79 Å². The maximum Gasteiger partial charge on any atom is 0.246 e. The summed E-state index contributed by atoms with van der Waals surface area (Å²) in [7, 11) is 0. The van der Waals surface area contributed by atoms with Crippen molar-refractivity contribution in [3.05, 3.63) is 0 Å². The van der Waals surface area contributed by atoms with Crippen LogP contribution in [0.15, 0.2) is 0 Å². The minimum absolute atomic E-state index is 0.0217. The third-order valence-corrected chi connectivity index (χ3v) is 2.84. The van der Waals surface area contributed by atoms with Gasteiger partial charge in [-0.05, 0) is 13.3 Å². The van der Waals surface area contributed by atoms with Gasteiger partial charge in [0, 0.05) is 19.8 Å². The predicted molar refractivity (Wildman–Crippen MR) is 93.9 cm³/mol. The summed E-state index contributed by atoms with van der Waals surface area (Å²) in [4.78, 5) is 11.5. The van der Waals surface area contributed by atoms with Crippen LogP contribution in [0.25, 0.3) is 0 Å². The largest absolute Gasteiger partial charge is 0.379 e. The lowest BCUT2D eigenvalue weighted by molar-refractivity contribution is -0.126. The van der Waals surface area contributed by atoms with E-state index in [2.05, 4.69) is 12.2 Å². The van der Waals surface area contributed by atoms with E-state index in [1.54, 1.807) is 0 Å². The van der Waals surface area contributed by atoms with Gasteiger partial charge in [0.1, 0.15) is 6.61 Å². The van der Waals surface area contributed by atoms with Crippen molar-refractivity contribution in [3.8, 4) is 0 Å². The number of rotatable bonds is 20. The first kappa shape index (κ1) is 24.2. The summed E-state index contributed by atoms with van der Waals surface area (Å²) in [6.07, 6.45) is 1.00. The van der Waals surface area contributed by atoms with Crippen molar-refractivity contribution in [1.29, 1.82) is 0 Å². The number of amides is 1. The molecular formula is C17H35NO7. The van der Waals surface area contributed by atoms with E-state index in [-0.39, 0.29) is 12.5 Å². The van der Waals surface area contributed by atoms with Gasteiger partial charge in [-0.2, -0.15) is 0 Å². The minimum atomic E-state index is -0.162. The van der Waals surface area contributed by atoms with Crippen LogP contribution in [0, 0.1) is 0 Å². The van der Waals surface area contributed by atoms with Crippen molar-refractivity contribution in [2.45, 2.75) is 20.3 Å². The van der Waals surface area contributed by atoms with Gasteiger partial charge in [-0.3, -0.25) is 4.79 Å². The lowest BCUT2D eigenvalue weighted by atomic mass is 10.5. The Morgan fingerprint density at radius 3 is 1.68 bits per heavy atom. The van der Waals surface area contributed by atoms with Gasteiger partial charge in [0.15, 0.2) is 0 Å². The normalized spacial score (nSPS) is 11.0. The molecule has 0 aliphatic heterocycles. The Morgan fingerprint density at radius 2 is 1.12 bits per heavy atom. The molecule has 0 unspecified atom stereocenters. The molecule has 0 rings (SSSR count). The van der Waals surface area contributed by atoms with E-state index >= 15 is 0 Å². The number of hydrogen-bond acceptors (Lipinski definition) is 7. The van der Waals surface area contributed by atoms with E-state index < -0.39 is 0 Å². The Labute approximate surface area is 151 Å². The fraction of sp³-hybridized carbons (Fsp3) is 0.941. The van der Waals surface area contributed by atoms with Gasteiger partial charge in [0.25, 0.3) is 0 Å². The van der Waals surface area contributed by atoms with Crippen LogP contribution < -0.4 is 5.32 Å². The average molecular weight is 365 g/mol. The molecule has 25 heavy (non-hydrogen) atoms. The van der Waals surface area contributed by atoms with Crippen LogP contribution in [0.3, 0.4) is 0 Å². The molecule has 0 saturated heterocycles. The molecule has 0 aliphatic rings. The maximum absolute atomic E-state index is 11.5. The van der Waals surface area contributed by atoms with E-state index in [0.717, 1.165) is 13.0 Å². The van der Waals surface area contributed by atoms with Crippen molar-refractivity contribution in [1.82, 2.24) is 5.32 Å². The number of carbonyl (C=O) groups is 1. The topological polar surface area (TPSA) is 84.5 Å². The second-order valence-electron chi connectivity index (χ2n) is 5.05. The molecule has 8 heteroatoms. The van der Waals surface area contributed by atoms with Crippen LogP contribution in [0.1, 0.15) is 20.3 Å². The molecule has 1 amide bonds. The summed E-state index contributed by atoms with van der Waals surface area (Å²) in [6, 6.07) is 0. The van der Waals surface area contributed by atoms with E-state index in [1.165, 1.54) is 0 Å². The third-order valence-electron chi connectivity index (χ3n) is 2.84. The Hall–Kier alpha value is -0.770. The standard InChI is InChI=1S/C17H35NO7/c1-3-6-21-10-11-22-7-5-18-17(19)16-25-15-14-24-13-12-23-9-8-20-4-2/h3-16H2,1-2H3,(H,18,19). The van der Waals surface area contributed by atoms with Gasteiger partial charge >= 0.3 is 0 Å². The van der Waals surface area contributed by atoms with Crippen LogP contribution in [0.2, 0.25) is 0 Å². The summed E-state index contributed by atoms with van der Waals surface area (Å²) in [5, 5.41) is 2.72. The van der Waals surface area contributed by atoms with Crippen LogP contribution in [-0.2, 0) is 33.2 Å². The highest BCUT2D eigenvalue weighted by molar-refractivity contribution is 5.77. The van der Waals surface area contributed by atoms with Crippen molar-refractivity contribution >= 4 is 5.91 Å². The number of ether oxygens (including phenoxy) is 6. The van der Waals surface area contributed by atoms with Gasteiger partial charge in [0.2, 0.25) is 5.91 Å². The van der Waals surface area contributed by atoms with E-state index in [4.69, 9.17) is 28.4 Å². The second-order valence-corrected chi connectivity index (χ2v) is 5.05. The van der Waals surface area contributed by atoms with Gasteiger partial charge in [-0.25, -0.2) is 0 Å². The van der Waals surface area contributed by atoms with Crippen molar-refractivity contribution < 1.29 is 33.2 Å². The molecule has 150 valence electrons. The summed E-state index contributed by atoms with van der Waals surface area (Å²) < 4.78 is 31.6. The quantitative estimate of drug-likeness (QED) is 0.317. The molecule has 0 aromatic rings. The molecule has 0 aliphatic carbocycles. The Bertz CT molecular complexity index is 280. The average Bonchev–Trinajstić information content (AvgIpc) is 2.62. The van der Waals surface area contributed by atoms with Crippen LogP contribution >= 0.6 is 0 Å². The zero-order valence-electron chi connectivity index (χ0n) is 15.8. The molecule has 0 saturated carbocycles. The SMILES string of the molecule is CCCOCCOCCNC(=O)COCCOCCOCCOCC. The molecule has 0 atom stereocenters. The Morgan fingerprint density at radius 1 is 0.640 bits per heavy atom. The van der Waals surface area contributed by atoms with Gasteiger partial charge < -0.3 is 33.7 Å². The fourth-order valence-electron chi connectivity index (χ4n) is 1.65. The van der Waals surface area contributed by atoms with Crippen LogP contribution in [0.5, 0.6) is 0 Å². The summed E-state index contributed by atoms with van der Waals surface area (Å²) in [5.41, 5.74) is 0. The molecule has 1 N–H and O–H groups in total. The third kappa shape index (κ3) is 21.2. The van der Waals surface area contributed by atoms with Gasteiger partial charge in [-0.1, -0.05) is 6.92 Å². The monoisotopic (exact) mass is 365 g/mol. The number of hydrogen-bond donors (Lipinski definition) is 1. The molecule has 0 radical (unpaired) electrons. The molecule has 0 aromatic carbocycles. The highest BCUT2D eigenvalue weighted by Crippen LogP contribution is 1.84. The van der Waals surface area contributed by atoms with Crippen LogP contribution in [-0.4, -0.2) is 91.7 Å².